The first-order valence-electron chi connectivity index (χ1n) is 7.25. The van der Waals surface area contributed by atoms with E-state index in [1.54, 1.807) is 0 Å². The summed E-state index contributed by atoms with van der Waals surface area (Å²) in [6, 6.07) is 22.6. The molecule has 4 aromatic carbocycles. The normalized spacial score (nSPS) is 11.1. The van der Waals surface area contributed by atoms with Gasteiger partial charge in [0.05, 0.1) is 0 Å². The predicted molar refractivity (Wildman–Crippen MR) is 90.3 cm³/mol. The van der Waals surface area contributed by atoms with Gasteiger partial charge in [-0.05, 0) is 45.1 Å². The minimum absolute atomic E-state index is 0.301. The Morgan fingerprint density at radius 1 is 0.727 bits per heavy atom. The molecule has 0 aliphatic carbocycles. The van der Waals surface area contributed by atoms with Crippen molar-refractivity contribution in [3.8, 4) is 5.75 Å². The summed E-state index contributed by atoms with van der Waals surface area (Å²) in [4.78, 5) is 11.4. The third kappa shape index (κ3) is 2.01. The molecule has 106 valence electrons. The number of hydrogen-bond donors (Lipinski definition) is 0. The molecular weight excluding hydrogens is 272 g/mol. The van der Waals surface area contributed by atoms with Crippen LogP contribution in [0.2, 0.25) is 0 Å². The predicted octanol–water partition coefficient (Wildman–Crippen LogP) is 5.07. The van der Waals surface area contributed by atoms with Crippen molar-refractivity contribution < 1.29 is 9.53 Å². The van der Waals surface area contributed by atoms with Crippen molar-refractivity contribution in [2.24, 2.45) is 0 Å². The van der Waals surface area contributed by atoms with Gasteiger partial charge in [0.1, 0.15) is 5.75 Å². The van der Waals surface area contributed by atoms with Gasteiger partial charge in [-0.3, -0.25) is 4.79 Å². The number of esters is 1. The van der Waals surface area contributed by atoms with Crippen molar-refractivity contribution in [2.75, 3.05) is 0 Å². The van der Waals surface area contributed by atoms with Gasteiger partial charge in [0.15, 0.2) is 0 Å². The topological polar surface area (TPSA) is 26.3 Å². The second-order valence-electron chi connectivity index (χ2n) is 5.43. The molecule has 0 atom stereocenters. The van der Waals surface area contributed by atoms with Gasteiger partial charge >= 0.3 is 5.97 Å². The number of hydrogen-bond acceptors (Lipinski definition) is 2. The highest BCUT2D eigenvalue weighted by molar-refractivity contribution is 6.14. The lowest BCUT2D eigenvalue weighted by Gasteiger charge is -2.11. The highest BCUT2D eigenvalue weighted by atomic mass is 16.5. The first-order chi connectivity index (χ1) is 10.7. The van der Waals surface area contributed by atoms with Gasteiger partial charge in [-0.25, -0.2) is 0 Å². The first-order valence-corrected chi connectivity index (χ1v) is 7.25. The number of ether oxygens (including phenoxy) is 1. The van der Waals surface area contributed by atoms with Crippen molar-refractivity contribution >= 4 is 38.3 Å². The van der Waals surface area contributed by atoms with Crippen LogP contribution in [0, 0.1) is 0 Å². The molecule has 2 heteroatoms. The van der Waals surface area contributed by atoms with E-state index in [0.717, 1.165) is 16.2 Å². The maximum atomic E-state index is 11.4. The number of fused-ring (bicyclic) bond motifs is 4. The van der Waals surface area contributed by atoms with Crippen LogP contribution in [-0.2, 0) is 4.79 Å². The molecule has 0 saturated carbocycles. The lowest BCUT2D eigenvalue weighted by Crippen LogP contribution is -2.01. The smallest absolute Gasteiger partial charge is 0.308 e. The molecule has 0 unspecified atom stereocenters. The third-order valence-corrected chi connectivity index (χ3v) is 3.94. The molecule has 0 aliphatic rings. The number of benzene rings is 4. The van der Waals surface area contributed by atoms with Gasteiger partial charge in [0, 0.05) is 12.3 Å². The summed E-state index contributed by atoms with van der Waals surface area (Å²) in [5, 5.41) is 6.70. The molecule has 0 heterocycles. The lowest BCUT2D eigenvalue weighted by molar-refractivity contribution is -0.131. The van der Waals surface area contributed by atoms with E-state index in [2.05, 4.69) is 30.3 Å². The van der Waals surface area contributed by atoms with E-state index in [1.807, 2.05) is 36.4 Å². The maximum Gasteiger partial charge on any atom is 0.308 e. The Bertz CT molecular complexity index is 1030. The van der Waals surface area contributed by atoms with Gasteiger partial charge in [-0.15, -0.1) is 0 Å². The largest absolute Gasteiger partial charge is 0.426 e. The van der Waals surface area contributed by atoms with Crippen molar-refractivity contribution in [1.82, 2.24) is 0 Å². The number of carbonyl (C=O) groups is 1. The fraction of sp³-hybridized carbons (Fsp3) is 0.0500. The van der Waals surface area contributed by atoms with Crippen molar-refractivity contribution in [3.05, 3.63) is 66.7 Å². The number of rotatable bonds is 1. The van der Waals surface area contributed by atoms with Crippen molar-refractivity contribution in [3.63, 3.8) is 0 Å². The average Bonchev–Trinajstić information content (AvgIpc) is 2.53. The summed E-state index contributed by atoms with van der Waals surface area (Å²) < 4.78 is 5.41. The highest BCUT2D eigenvalue weighted by Gasteiger charge is 2.10. The van der Waals surface area contributed by atoms with Crippen molar-refractivity contribution in [1.29, 1.82) is 0 Å². The summed E-state index contributed by atoms with van der Waals surface area (Å²) >= 11 is 0. The molecule has 0 N–H and O–H groups in total. The van der Waals surface area contributed by atoms with E-state index < -0.39 is 0 Å². The second kappa shape index (κ2) is 4.85. The lowest BCUT2D eigenvalue weighted by atomic mass is 9.97. The Labute approximate surface area is 127 Å². The molecular formula is C20H14O2. The Morgan fingerprint density at radius 3 is 2.09 bits per heavy atom. The summed E-state index contributed by atoms with van der Waals surface area (Å²) in [5.41, 5.74) is 0. The Kier molecular flexibility index (Phi) is 2.83. The molecule has 4 aromatic rings. The molecule has 2 nitrogen and oxygen atoms in total. The molecule has 4 rings (SSSR count). The second-order valence-corrected chi connectivity index (χ2v) is 5.43. The molecule has 0 radical (unpaired) electrons. The Balaban J connectivity index is 2.16. The van der Waals surface area contributed by atoms with E-state index in [0.29, 0.717) is 5.75 Å². The average molecular weight is 286 g/mol. The van der Waals surface area contributed by atoms with Gasteiger partial charge in [-0.1, -0.05) is 48.5 Å². The van der Waals surface area contributed by atoms with Crippen LogP contribution in [-0.4, -0.2) is 5.97 Å². The number of carbonyl (C=O) groups excluding carboxylic acids is 1. The van der Waals surface area contributed by atoms with Crippen LogP contribution < -0.4 is 4.74 Å². The fourth-order valence-corrected chi connectivity index (χ4v) is 3.00. The minimum atomic E-state index is -0.301. The maximum absolute atomic E-state index is 11.4. The molecule has 0 aromatic heterocycles. The zero-order valence-electron chi connectivity index (χ0n) is 12.2. The Morgan fingerprint density at radius 2 is 1.36 bits per heavy atom. The van der Waals surface area contributed by atoms with E-state index in [4.69, 9.17) is 4.74 Å². The summed E-state index contributed by atoms with van der Waals surface area (Å²) in [5.74, 6) is 0.316. The fourth-order valence-electron chi connectivity index (χ4n) is 3.00. The standard InChI is InChI=1S/C20H14O2/c1-13(21)22-20-12-16-10-14-6-2-3-7-15(14)11-19(16)17-8-4-5-9-18(17)20/h2-12H,1H3. The SMILES string of the molecule is CC(=O)Oc1cc2cc3ccccc3cc2c2ccccc12. The summed E-state index contributed by atoms with van der Waals surface area (Å²) in [6.07, 6.45) is 0. The first kappa shape index (κ1) is 12.8. The molecule has 0 bridgehead atoms. The zero-order chi connectivity index (χ0) is 15.1. The van der Waals surface area contributed by atoms with Crippen LogP contribution in [0.25, 0.3) is 32.3 Å². The molecule has 0 fully saturated rings. The van der Waals surface area contributed by atoms with Crippen LogP contribution in [0.3, 0.4) is 0 Å². The van der Waals surface area contributed by atoms with E-state index in [9.17, 15) is 4.79 Å². The van der Waals surface area contributed by atoms with Crippen LogP contribution in [0.5, 0.6) is 5.75 Å². The third-order valence-electron chi connectivity index (χ3n) is 3.94. The summed E-state index contributed by atoms with van der Waals surface area (Å²) in [6.45, 7) is 1.43. The van der Waals surface area contributed by atoms with E-state index in [-0.39, 0.29) is 5.97 Å². The van der Waals surface area contributed by atoms with E-state index in [1.165, 1.54) is 23.1 Å². The van der Waals surface area contributed by atoms with Crippen molar-refractivity contribution in [2.45, 2.75) is 6.92 Å². The van der Waals surface area contributed by atoms with Crippen LogP contribution >= 0.6 is 0 Å². The van der Waals surface area contributed by atoms with Crippen LogP contribution in [0.15, 0.2) is 66.7 Å². The molecule has 0 saturated heterocycles. The van der Waals surface area contributed by atoms with Crippen LogP contribution in [0.4, 0.5) is 0 Å². The molecule has 22 heavy (non-hydrogen) atoms. The van der Waals surface area contributed by atoms with E-state index >= 15 is 0 Å². The highest BCUT2D eigenvalue weighted by Crippen LogP contribution is 2.35. The van der Waals surface area contributed by atoms with Gasteiger partial charge < -0.3 is 4.74 Å². The van der Waals surface area contributed by atoms with Gasteiger partial charge in [0.25, 0.3) is 0 Å². The molecule has 0 amide bonds. The summed E-state index contributed by atoms with van der Waals surface area (Å²) in [7, 11) is 0. The molecule has 0 spiro atoms. The molecule has 0 aliphatic heterocycles. The minimum Gasteiger partial charge on any atom is -0.426 e. The quantitative estimate of drug-likeness (QED) is 0.211. The zero-order valence-corrected chi connectivity index (χ0v) is 12.2. The van der Waals surface area contributed by atoms with Crippen LogP contribution in [0.1, 0.15) is 6.92 Å². The Hall–Kier alpha value is -2.87. The monoisotopic (exact) mass is 286 g/mol. The van der Waals surface area contributed by atoms with Gasteiger partial charge in [-0.2, -0.15) is 0 Å². The van der Waals surface area contributed by atoms with Gasteiger partial charge in [0.2, 0.25) is 0 Å².